The third-order valence-electron chi connectivity index (χ3n) is 7.99. The smallest absolute Gasteiger partial charge is 0.416 e. The van der Waals surface area contributed by atoms with Crippen molar-refractivity contribution < 1.29 is 37.1 Å². The van der Waals surface area contributed by atoms with Crippen LogP contribution in [0.15, 0.2) is 58.5 Å². The summed E-state index contributed by atoms with van der Waals surface area (Å²) >= 11 is 0. The van der Waals surface area contributed by atoms with Crippen LogP contribution in [-0.4, -0.2) is 58.9 Å². The first-order chi connectivity index (χ1) is 20.9. The van der Waals surface area contributed by atoms with Crippen LogP contribution in [0.5, 0.6) is 0 Å². The van der Waals surface area contributed by atoms with E-state index in [0.29, 0.717) is 17.7 Å². The Morgan fingerprint density at radius 1 is 1.23 bits per heavy atom. The van der Waals surface area contributed by atoms with Crippen molar-refractivity contribution in [1.82, 2.24) is 14.8 Å². The number of nitrogens with zero attached hydrogens (tertiary/aromatic N) is 5. The van der Waals surface area contributed by atoms with Gasteiger partial charge in [0.1, 0.15) is 12.6 Å². The van der Waals surface area contributed by atoms with Gasteiger partial charge in [-0.2, -0.15) is 18.4 Å². The van der Waals surface area contributed by atoms with Gasteiger partial charge in [0, 0.05) is 23.4 Å². The minimum atomic E-state index is -4.60. The van der Waals surface area contributed by atoms with Crippen molar-refractivity contribution in [2.45, 2.75) is 44.9 Å². The highest BCUT2D eigenvalue weighted by Crippen LogP contribution is 2.44. The Morgan fingerprint density at radius 3 is 2.52 bits per heavy atom. The number of quaternary nitrogens is 1. The van der Waals surface area contributed by atoms with E-state index in [-0.39, 0.29) is 22.9 Å². The summed E-state index contributed by atoms with van der Waals surface area (Å²) < 4.78 is 47.9. The lowest BCUT2D eigenvalue weighted by atomic mass is 9.89. The Kier molecular flexibility index (Phi) is 9.29. The number of anilines is 2. The van der Waals surface area contributed by atoms with Crippen molar-refractivity contribution in [3.05, 3.63) is 86.5 Å². The van der Waals surface area contributed by atoms with Gasteiger partial charge in [-0.05, 0) is 62.1 Å². The van der Waals surface area contributed by atoms with E-state index >= 15 is 0 Å². The first-order valence-corrected chi connectivity index (χ1v) is 13.7. The maximum Gasteiger partial charge on any atom is 0.416 e. The number of esters is 1. The number of aromatic nitrogens is 3. The van der Waals surface area contributed by atoms with E-state index < -0.39 is 35.9 Å². The van der Waals surface area contributed by atoms with Crippen LogP contribution in [0.1, 0.15) is 54.5 Å². The maximum atomic E-state index is 13.6. The number of hydrogen-bond donors (Lipinski definition) is 1. The molecule has 1 aromatic heterocycles. The molecule has 0 amide bonds. The lowest BCUT2D eigenvalue weighted by molar-refractivity contribution is -0.926. The number of alkyl halides is 3. The molecule has 5 rings (SSSR count). The maximum absolute atomic E-state index is 13.6. The van der Waals surface area contributed by atoms with E-state index in [9.17, 15) is 28.0 Å². The Hall–Kier alpha value is -4.90. The number of allylic oxidation sites excluding steroid dienone is 1. The molecule has 0 saturated carbocycles. The Labute approximate surface area is 251 Å². The van der Waals surface area contributed by atoms with Crippen molar-refractivity contribution in [3.8, 4) is 6.07 Å². The zero-order valence-electron chi connectivity index (χ0n) is 24.3. The largest absolute Gasteiger partial charge is 0.554 e. The average Bonchev–Trinajstić information content (AvgIpc) is 3.37. The molecule has 2 aliphatic heterocycles. The number of methoxy groups -OCH3 is 1. The van der Waals surface area contributed by atoms with Crippen LogP contribution in [0.3, 0.4) is 0 Å². The first kappa shape index (κ1) is 32.0. The number of carbonyl (C=O) groups is 2. The number of carbonyl (C=O) groups excluding carboxylic acids is 2. The van der Waals surface area contributed by atoms with E-state index in [1.165, 1.54) is 28.7 Å². The number of benzene rings is 2. The molecule has 232 valence electrons. The highest BCUT2D eigenvalue weighted by atomic mass is 19.4. The number of piperidine rings is 1. The second-order valence-corrected chi connectivity index (χ2v) is 10.9. The molecule has 1 atom stereocenters. The highest BCUT2D eigenvalue weighted by Gasteiger charge is 2.41. The van der Waals surface area contributed by atoms with Gasteiger partial charge in [0.2, 0.25) is 5.95 Å². The fourth-order valence-corrected chi connectivity index (χ4v) is 6.00. The van der Waals surface area contributed by atoms with Gasteiger partial charge in [-0.25, -0.2) is 19.3 Å². The fraction of sp³-hybridized carbons (Fsp3) is 0.367. The molecule has 2 aromatic carbocycles. The number of hydrogen-bond acceptors (Lipinski definition) is 8. The number of likely N-dealkylation sites (tertiary alicyclic amines) is 1. The lowest BCUT2D eigenvalue weighted by Gasteiger charge is -2.40. The van der Waals surface area contributed by atoms with Gasteiger partial charge in [-0.15, -0.1) is 5.10 Å². The second-order valence-electron chi connectivity index (χ2n) is 10.9. The first-order valence-electron chi connectivity index (χ1n) is 13.7. The van der Waals surface area contributed by atoms with Crippen LogP contribution in [0, 0.1) is 11.3 Å². The monoisotopic (exact) mass is 612 g/mol. The number of nitrogens with one attached hydrogen (secondary N) is 1. The van der Waals surface area contributed by atoms with E-state index in [1.54, 1.807) is 25.1 Å². The predicted octanol–water partition coefficient (Wildman–Crippen LogP) is 3.15. The van der Waals surface area contributed by atoms with Crippen molar-refractivity contribution in [3.63, 3.8) is 0 Å². The van der Waals surface area contributed by atoms with Crippen LogP contribution in [0.4, 0.5) is 24.8 Å². The average molecular weight is 613 g/mol. The molecule has 1 fully saturated rings. The minimum absolute atomic E-state index is 0.0261. The van der Waals surface area contributed by atoms with Crippen molar-refractivity contribution in [2.75, 3.05) is 32.1 Å². The summed E-state index contributed by atoms with van der Waals surface area (Å²) in [4.78, 5) is 36.3. The number of carboxylic acid groups (broad SMARTS) is 1. The molecule has 44 heavy (non-hydrogen) atoms. The molecule has 2 aliphatic rings. The summed E-state index contributed by atoms with van der Waals surface area (Å²) in [5.41, 5.74) is 0.722. The molecular weight excluding hydrogens is 581 g/mol. The summed E-state index contributed by atoms with van der Waals surface area (Å²) in [6, 6.07) is 10.9. The van der Waals surface area contributed by atoms with Gasteiger partial charge in [0.25, 0.3) is 0 Å². The number of nitriles is 1. The van der Waals surface area contributed by atoms with Gasteiger partial charge in [0.05, 0.1) is 50.0 Å². The van der Waals surface area contributed by atoms with Crippen LogP contribution < -0.4 is 15.7 Å². The fourth-order valence-electron chi connectivity index (χ4n) is 6.00. The Bertz CT molecular complexity index is 1680. The predicted molar refractivity (Wildman–Crippen MR) is 150 cm³/mol. The Morgan fingerprint density at radius 2 is 1.91 bits per heavy atom. The zero-order chi connectivity index (χ0) is 32.2. The van der Waals surface area contributed by atoms with Crippen LogP contribution in [-0.2, 0) is 27.0 Å². The second kappa shape index (κ2) is 12.8. The highest BCUT2D eigenvalue weighted by molar-refractivity contribution is 5.93. The lowest BCUT2D eigenvalue weighted by Crippen LogP contribution is -2.47. The topological polar surface area (TPSA) is 144 Å². The third kappa shape index (κ3) is 6.23. The number of rotatable bonds is 5. The molecule has 1 saturated heterocycles. The molecule has 3 heterocycles. The van der Waals surface area contributed by atoms with E-state index in [0.717, 1.165) is 54.5 Å². The summed E-state index contributed by atoms with van der Waals surface area (Å²) in [5.74, 6) is -0.713. The summed E-state index contributed by atoms with van der Waals surface area (Å²) in [7, 11) is 3.36. The summed E-state index contributed by atoms with van der Waals surface area (Å²) in [6.45, 7) is 3.54. The molecule has 0 spiro atoms. The van der Waals surface area contributed by atoms with Gasteiger partial charge in [-0.1, -0.05) is 12.1 Å². The van der Waals surface area contributed by atoms with E-state index in [2.05, 4.69) is 23.3 Å². The summed E-state index contributed by atoms with van der Waals surface area (Å²) in [6.07, 6.45) is -1.32. The van der Waals surface area contributed by atoms with Crippen LogP contribution in [0.25, 0.3) is 0 Å². The van der Waals surface area contributed by atoms with E-state index in [1.807, 2.05) is 0 Å². The molecular formula is C30H31F3N6O5. The molecule has 1 N–H and O–H groups in total. The number of halogens is 3. The van der Waals surface area contributed by atoms with Crippen molar-refractivity contribution in [1.29, 1.82) is 5.26 Å². The quantitative estimate of drug-likeness (QED) is 0.263. The van der Waals surface area contributed by atoms with Crippen LogP contribution in [0.2, 0.25) is 0 Å². The molecule has 14 heteroatoms. The third-order valence-corrected chi connectivity index (χ3v) is 7.99. The molecule has 0 aliphatic carbocycles. The number of fused-ring (bicyclic) bond motifs is 1. The number of aromatic amines is 1. The standard InChI is InChI=1S/C29H29F3N6O3.CH2O2/c1-18-24(26(39)41-3)25(23-11-10-19(16-33)14-20(23)17-38(2)12-5-4-6-13-38)37-27(34-35-28(37)40)36(18)22-9-7-8-21(15-22)29(30,31)32;2-1-3/h7-11,14-15,25H,4-6,12-13,17H2,1-3H3;1H,(H,2,3). The molecule has 0 radical (unpaired) electrons. The van der Waals surface area contributed by atoms with Gasteiger partial charge in [0.15, 0.2) is 0 Å². The summed E-state index contributed by atoms with van der Waals surface area (Å²) in [5, 5.41) is 24.5. The molecule has 3 aromatic rings. The number of H-pyrrole nitrogens is 1. The SMILES string of the molecule is COC(=O)C1=C(C)N(c2cccc(C(F)(F)F)c2)c2n[nH]c(=O)n2C1c1ccc(C#N)cc1C[N+]1(C)CCCCC1.O=C[O-]. The van der Waals surface area contributed by atoms with Gasteiger partial charge < -0.3 is 19.1 Å². The Balaban J connectivity index is 0.00000141. The van der Waals surface area contributed by atoms with E-state index in [4.69, 9.17) is 14.6 Å². The van der Waals surface area contributed by atoms with Gasteiger partial charge >= 0.3 is 17.8 Å². The zero-order valence-corrected chi connectivity index (χ0v) is 24.3. The van der Waals surface area contributed by atoms with Gasteiger partial charge in [-0.3, -0.25) is 4.90 Å². The molecule has 0 bridgehead atoms. The van der Waals surface area contributed by atoms with Crippen LogP contribution >= 0.6 is 0 Å². The minimum Gasteiger partial charge on any atom is -0.554 e. The molecule has 11 nitrogen and oxygen atoms in total. The van der Waals surface area contributed by atoms with Crippen molar-refractivity contribution >= 4 is 24.1 Å². The normalized spacial score (nSPS) is 17.6. The number of ether oxygens (including phenoxy) is 1. The van der Waals surface area contributed by atoms with Crippen molar-refractivity contribution in [2.24, 2.45) is 0 Å². The molecule has 1 unspecified atom stereocenters.